The summed E-state index contributed by atoms with van der Waals surface area (Å²) >= 11 is 0. The quantitative estimate of drug-likeness (QED) is 0.450. The molecular formula is C20H13F3N2O. The van der Waals surface area contributed by atoms with Gasteiger partial charge in [0.25, 0.3) is 0 Å². The van der Waals surface area contributed by atoms with Crippen LogP contribution in [0.3, 0.4) is 0 Å². The molecule has 0 aliphatic carbocycles. The number of rotatable bonds is 1. The summed E-state index contributed by atoms with van der Waals surface area (Å²) in [4.78, 5) is 16.5. The number of nitrogens with zero attached hydrogens (tertiary/aromatic N) is 2. The third-order valence-corrected chi connectivity index (χ3v) is 4.34. The molecule has 0 unspecified atom stereocenters. The molecule has 4 rings (SSSR count). The minimum atomic E-state index is -4.62. The van der Waals surface area contributed by atoms with Crippen LogP contribution in [0, 0.1) is 0 Å². The molecule has 0 N–H and O–H groups in total. The van der Waals surface area contributed by atoms with Crippen molar-refractivity contribution in [2.45, 2.75) is 13.1 Å². The zero-order valence-corrected chi connectivity index (χ0v) is 13.7. The minimum absolute atomic E-state index is 0.0299. The van der Waals surface area contributed by atoms with Crippen molar-refractivity contribution >= 4 is 27.7 Å². The average Bonchev–Trinajstić information content (AvgIpc) is 2.95. The maximum Gasteiger partial charge on any atom is 0.419 e. The van der Waals surface area contributed by atoms with Gasteiger partial charge >= 0.3 is 6.18 Å². The molecule has 130 valence electrons. The highest BCUT2D eigenvalue weighted by Crippen LogP contribution is 2.44. The fourth-order valence-corrected chi connectivity index (χ4v) is 3.34. The fraction of sp³-hybridized carbons (Fsp3) is 0.100. The number of carbonyl (C=O) groups excluding carboxylic acids is 1. The molecular weight excluding hydrogens is 341 g/mol. The summed E-state index contributed by atoms with van der Waals surface area (Å²) in [5, 5.41) is 0.645. The summed E-state index contributed by atoms with van der Waals surface area (Å²) in [5.41, 5.74) is 0.0515. The van der Waals surface area contributed by atoms with Gasteiger partial charge in [0.15, 0.2) is 0 Å². The van der Waals surface area contributed by atoms with Crippen LogP contribution in [0.1, 0.15) is 17.3 Å². The standard InChI is InChI=1S/C20H13F3N2O/c1-12(26)25-17-10-14-8-5-9-24-16(14)11-15(17)18(20(21,22)23)19(25)13-6-3-2-4-7-13/h2-11H,1H3. The van der Waals surface area contributed by atoms with Gasteiger partial charge in [-0.3, -0.25) is 14.3 Å². The predicted octanol–water partition coefficient (Wildman–Crippen LogP) is 5.54. The normalized spacial score (nSPS) is 12.0. The Kier molecular flexibility index (Phi) is 3.57. The van der Waals surface area contributed by atoms with Crippen molar-refractivity contribution in [3.63, 3.8) is 0 Å². The SMILES string of the molecule is CC(=O)n1c(-c2ccccc2)c(C(F)(F)F)c2cc3ncccc3cc21. The van der Waals surface area contributed by atoms with Gasteiger partial charge in [-0.15, -0.1) is 0 Å². The van der Waals surface area contributed by atoms with Crippen LogP contribution >= 0.6 is 0 Å². The molecule has 0 fully saturated rings. The lowest BCUT2D eigenvalue weighted by atomic mass is 10.0. The number of aromatic nitrogens is 2. The van der Waals surface area contributed by atoms with E-state index in [-0.39, 0.29) is 16.6 Å². The van der Waals surface area contributed by atoms with E-state index in [1.54, 1.807) is 48.5 Å². The Morgan fingerprint density at radius 1 is 1.04 bits per heavy atom. The highest BCUT2D eigenvalue weighted by molar-refractivity contribution is 6.06. The van der Waals surface area contributed by atoms with Crippen LogP contribution in [-0.4, -0.2) is 15.5 Å². The fourth-order valence-electron chi connectivity index (χ4n) is 3.34. The molecule has 0 saturated carbocycles. The summed E-state index contributed by atoms with van der Waals surface area (Å²) in [6, 6.07) is 14.6. The minimum Gasteiger partial charge on any atom is -0.279 e. The molecule has 0 spiro atoms. The Bertz CT molecular complexity index is 1140. The third kappa shape index (κ3) is 2.45. The van der Waals surface area contributed by atoms with Crippen LogP contribution in [0.15, 0.2) is 60.8 Å². The number of alkyl halides is 3. The molecule has 0 radical (unpaired) electrons. The first-order chi connectivity index (χ1) is 12.4. The molecule has 2 aromatic carbocycles. The molecule has 4 aromatic rings. The Morgan fingerprint density at radius 3 is 2.42 bits per heavy atom. The first kappa shape index (κ1) is 16.3. The van der Waals surface area contributed by atoms with E-state index in [1.807, 2.05) is 0 Å². The zero-order valence-electron chi connectivity index (χ0n) is 13.7. The summed E-state index contributed by atoms with van der Waals surface area (Å²) in [7, 11) is 0. The van der Waals surface area contributed by atoms with Gasteiger partial charge in [-0.05, 0) is 23.8 Å². The van der Waals surface area contributed by atoms with Crippen molar-refractivity contribution in [1.29, 1.82) is 0 Å². The maximum absolute atomic E-state index is 14.0. The van der Waals surface area contributed by atoms with Crippen LogP contribution in [0.4, 0.5) is 13.2 Å². The molecule has 0 atom stereocenters. The van der Waals surface area contributed by atoms with E-state index in [0.717, 1.165) is 4.57 Å². The van der Waals surface area contributed by atoms with Crippen molar-refractivity contribution in [2.24, 2.45) is 0 Å². The molecule has 0 aliphatic heterocycles. The van der Waals surface area contributed by atoms with E-state index < -0.39 is 17.6 Å². The van der Waals surface area contributed by atoms with E-state index >= 15 is 0 Å². The first-order valence-corrected chi connectivity index (χ1v) is 7.94. The molecule has 26 heavy (non-hydrogen) atoms. The van der Waals surface area contributed by atoms with Gasteiger partial charge in [-0.2, -0.15) is 13.2 Å². The number of halogens is 3. The van der Waals surface area contributed by atoms with E-state index in [2.05, 4.69) is 4.98 Å². The summed E-state index contributed by atoms with van der Waals surface area (Å²) in [6.45, 7) is 1.26. The van der Waals surface area contributed by atoms with Gasteiger partial charge in [0.1, 0.15) is 0 Å². The van der Waals surface area contributed by atoms with E-state index in [0.29, 0.717) is 16.5 Å². The molecule has 0 amide bonds. The largest absolute Gasteiger partial charge is 0.419 e. The third-order valence-electron chi connectivity index (χ3n) is 4.34. The van der Waals surface area contributed by atoms with Crippen molar-refractivity contribution in [3.8, 4) is 11.3 Å². The van der Waals surface area contributed by atoms with Gasteiger partial charge in [0.2, 0.25) is 5.91 Å². The lowest BCUT2D eigenvalue weighted by molar-refractivity contribution is -0.135. The average molecular weight is 354 g/mol. The zero-order chi connectivity index (χ0) is 18.5. The predicted molar refractivity (Wildman–Crippen MR) is 94.0 cm³/mol. The second-order valence-electron chi connectivity index (χ2n) is 6.01. The van der Waals surface area contributed by atoms with E-state index in [9.17, 15) is 18.0 Å². The number of fused-ring (bicyclic) bond motifs is 2. The molecule has 3 nitrogen and oxygen atoms in total. The summed E-state index contributed by atoms with van der Waals surface area (Å²) in [5.74, 6) is -0.479. The topological polar surface area (TPSA) is 34.9 Å². The highest BCUT2D eigenvalue weighted by Gasteiger charge is 2.39. The summed E-state index contributed by atoms with van der Waals surface area (Å²) < 4.78 is 43.1. The molecule has 2 aromatic heterocycles. The van der Waals surface area contributed by atoms with Crippen LogP contribution in [0.2, 0.25) is 0 Å². The second kappa shape index (κ2) is 5.69. The Balaban J connectivity index is 2.25. The van der Waals surface area contributed by atoms with Gasteiger partial charge in [-0.1, -0.05) is 36.4 Å². The number of benzene rings is 2. The monoisotopic (exact) mass is 354 g/mol. The molecule has 6 heteroatoms. The second-order valence-corrected chi connectivity index (χ2v) is 6.01. The van der Waals surface area contributed by atoms with Crippen molar-refractivity contribution in [3.05, 3.63) is 66.4 Å². The number of carbonyl (C=O) groups is 1. The van der Waals surface area contributed by atoms with E-state index in [4.69, 9.17) is 0 Å². The molecule has 0 aliphatic rings. The molecule has 0 saturated heterocycles. The highest BCUT2D eigenvalue weighted by atomic mass is 19.4. The molecule has 2 heterocycles. The van der Waals surface area contributed by atoms with Crippen LogP contribution in [0.5, 0.6) is 0 Å². The van der Waals surface area contributed by atoms with Gasteiger partial charge in [-0.25, -0.2) is 0 Å². The van der Waals surface area contributed by atoms with Gasteiger partial charge in [0.05, 0.1) is 22.3 Å². The smallest absolute Gasteiger partial charge is 0.279 e. The lowest BCUT2D eigenvalue weighted by Gasteiger charge is -2.11. The number of pyridine rings is 1. The van der Waals surface area contributed by atoms with Gasteiger partial charge < -0.3 is 0 Å². The first-order valence-electron chi connectivity index (χ1n) is 7.94. The Hall–Kier alpha value is -3.15. The van der Waals surface area contributed by atoms with E-state index in [1.165, 1.54) is 19.2 Å². The lowest BCUT2D eigenvalue weighted by Crippen LogP contribution is -2.11. The molecule has 0 bridgehead atoms. The van der Waals surface area contributed by atoms with Gasteiger partial charge in [0, 0.05) is 23.9 Å². The number of hydrogen-bond acceptors (Lipinski definition) is 2. The van der Waals surface area contributed by atoms with Crippen LogP contribution in [-0.2, 0) is 6.18 Å². The van der Waals surface area contributed by atoms with Crippen molar-refractivity contribution in [1.82, 2.24) is 9.55 Å². The Morgan fingerprint density at radius 2 is 1.77 bits per heavy atom. The van der Waals surface area contributed by atoms with Crippen molar-refractivity contribution < 1.29 is 18.0 Å². The van der Waals surface area contributed by atoms with Crippen LogP contribution in [0.25, 0.3) is 33.1 Å². The summed E-state index contributed by atoms with van der Waals surface area (Å²) in [6.07, 6.45) is -3.09. The van der Waals surface area contributed by atoms with Crippen molar-refractivity contribution in [2.75, 3.05) is 0 Å². The Labute approximate surface area is 146 Å². The van der Waals surface area contributed by atoms with Crippen LogP contribution < -0.4 is 0 Å². The maximum atomic E-state index is 14.0. The number of hydrogen-bond donors (Lipinski definition) is 0.